The summed E-state index contributed by atoms with van der Waals surface area (Å²) in [4.78, 5) is 42.4. The van der Waals surface area contributed by atoms with Crippen LogP contribution in [0.15, 0.2) is 48.5 Å². The fraction of sp³-hybridized carbons (Fsp3) is 0.400. The number of rotatable bonds is 7. The molecule has 3 amide bonds. The van der Waals surface area contributed by atoms with E-state index in [-0.39, 0.29) is 17.7 Å². The van der Waals surface area contributed by atoms with Crippen molar-refractivity contribution in [2.45, 2.75) is 32.7 Å². The lowest BCUT2D eigenvalue weighted by atomic mass is 9.87. The van der Waals surface area contributed by atoms with Crippen LogP contribution in [0.25, 0.3) is 0 Å². The van der Waals surface area contributed by atoms with Gasteiger partial charge in [-0.05, 0) is 81.1 Å². The van der Waals surface area contributed by atoms with Crippen LogP contribution >= 0.6 is 11.6 Å². The van der Waals surface area contributed by atoms with E-state index in [4.69, 9.17) is 11.6 Å². The number of likely N-dealkylation sites (N-methyl/N-ethyl adjacent to an activating group) is 1. The molecule has 1 aliphatic rings. The molecule has 0 radical (unpaired) electrons. The lowest BCUT2D eigenvalue weighted by molar-refractivity contribution is -0.134. The number of piperidine rings is 1. The minimum atomic E-state index is -0.713. The highest BCUT2D eigenvalue weighted by atomic mass is 35.5. The average Bonchev–Trinajstić information content (AvgIpc) is 2.83. The van der Waals surface area contributed by atoms with Gasteiger partial charge in [-0.2, -0.15) is 0 Å². The first-order valence-corrected chi connectivity index (χ1v) is 11.6. The van der Waals surface area contributed by atoms with E-state index < -0.39 is 17.8 Å². The highest BCUT2D eigenvalue weighted by Gasteiger charge is 2.35. The Balaban J connectivity index is 1.72. The van der Waals surface area contributed by atoms with Gasteiger partial charge in [0, 0.05) is 42.3 Å². The summed E-state index contributed by atoms with van der Waals surface area (Å²) in [5.74, 6) is -1.18. The third-order valence-corrected chi connectivity index (χ3v) is 6.38. The number of benzene rings is 2. The Morgan fingerprint density at radius 3 is 2.09 bits per heavy atom. The summed E-state index contributed by atoms with van der Waals surface area (Å²) in [5, 5.41) is 3.45. The number of hydrogen-bond acceptors (Lipinski definition) is 3. The molecule has 0 saturated carbocycles. The lowest BCUT2D eigenvalue weighted by Gasteiger charge is -2.37. The van der Waals surface area contributed by atoms with Crippen molar-refractivity contribution < 1.29 is 18.8 Å². The number of halogens is 2. The molecule has 2 aromatic rings. The fourth-order valence-corrected chi connectivity index (χ4v) is 4.28. The Labute approximate surface area is 198 Å². The molecule has 176 valence electrons. The van der Waals surface area contributed by atoms with Crippen molar-refractivity contribution in [1.82, 2.24) is 15.1 Å². The second-order valence-electron chi connectivity index (χ2n) is 8.11. The highest BCUT2D eigenvalue weighted by Crippen LogP contribution is 2.24. The predicted molar refractivity (Wildman–Crippen MR) is 126 cm³/mol. The first kappa shape index (κ1) is 24.7. The number of nitrogens with zero attached hydrogens (tertiary/aromatic N) is 2. The zero-order valence-electron chi connectivity index (χ0n) is 18.9. The molecule has 1 saturated heterocycles. The molecule has 2 aromatic carbocycles. The van der Waals surface area contributed by atoms with E-state index in [1.807, 2.05) is 13.8 Å². The monoisotopic (exact) mass is 473 g/mol. The number of carbonyl (C=O) groups excluding carboxylic acids is 3. The van der Waals surface area contributed by atoms with Crippen LogP contribution in [0.2, 0.25) is 5.02 Å². The maximum atomic E-state index is 13.3. The Hall–Kier alpha value is -2.93. The Bertz CT molecular complexity index is 969. The van der Waals surface area contributed by atoms with Crippen molar-refractivity contribution in [3.05, 3.63) is 70.5 Å². The molecule has 1 fully saturated rings. The Morgan fingerprint density at radius 2 is 1.55 bits per heavy atom. The summed E-state index contributed by atoms with van der Waals surface area (Å²) in [7, 11) is 0. The van der Waals surface area contributed by atoms with Gasteiger partial charge in [0.2, 0.25) is 5.91 Å². The van der Waals surface area contributed by atoms with Crippen LogP contribution in [0, 0.1) is 11.7 Å². The standard InChI is InChI=1S/C25H29ClFN3O3/c1-3-29(4-2)25(33)22(28-23(31)18-7-11-21(27)12-8-18)17-13-15-30(16-14-17)24(32)19-5-9-20(26)10-6-19/h5-12,17,22H,3-4,13-16H2,1-2H3,(H,28,31). The largest absolute Gasteiger partial charge is 0.341 e. The SMILES string of the molecule is CCN(CC)C(=O)C(NC(=O)c1ccc(F)cc1)C1CCN(C(=O)c2ccc(Cl)cc2)CC1. The van der Waals surface area contributed by atoms with Crippen LogP contribution in [-0.2, 0) is 4.79 Å². The third kappa shape index (κ3) is 6.11. The number of hydrogen-bond donors (Lipinski definition) is 1. The molecular weight excluding hydrogens is 445 g/mol. The van der Waals surface area contributed by atoms with Crippen LogP contribution < -0.4 is 5.32 Å². The molecule has 1 aliphatic heterocycles. The highest BCUT2D eigenvalue weighted by molar-refractivity contribution is 6.30. The number of carbonyl (C=O) groups is 3. The van der Waals surface area contributed by atoms with Crippen LogP contribution in [0.3, 0.4) is 0 Å². The quantitative estimate of drug-likeness (QED) is 0.660. The van der Waals surface area contributed by atoms with Gasteiger partial charge in [0.1, 0.15) is 11.9 Å². The maximum Gasteiger partial charge on any atom is 0.253 e. The first-order valence-electron chi connectivity index (χ1n) is 11.2. The summed E-state index contributed by atoms with van der Waals surface area (Å²) in [5.41, 5.74) is 0.863. The molecule has 1 unspecified atom stereocenters. The molecule has 0 spiro atoms. The molecule has 1 heterocycles. The zero-order chi connectivity index (χ0) is 24.0. The fourth-order valence-electron chi connectivity index (χ4n) is 4.15. The third-order valence-electron chi connectivity index (χ3n) is 6.12. The van der Waals surface area contributed by atoms with E-state index in [0.29, 0.717) is 55.2 Å². The van der Waals surface area contributed by atoms with Crippen molar-refractivity contribution >= 4 is 29.3 Å². The first-order chi connectivity index (χ1) is 15.8. The Kier molecular flexibility index (Phi) is 8.44. The van der Waals surface area contributed by atoms with Gasteiger partial charge in [-0.15, -0.1) is 0 Å². The summed E-state index contributed by atoms with van der Waals surface area (Å²) >= 11 is 5.91. The molecule has 1 atom stereocenters. The molecule has 0 aromatic heterocycles. The topological polar surface area (TPSA) is 69.7 Å². The van der Waals surface area contributed by atoms with Crippen LogP contribution in [-0.4, -0.2) is 59.7 Å². The van der Waals surface area contributed by atoms with Crippen LogP contribution in [0.4, 0.5) is 4.39 Å². The van der Waals surface area contributed by atoms with Crippen molar-refractivity contribution in [3.63, 3.8) is 0 Å². The summed E-state index contributed by atoms with van der Waals surface area (Å²) < 4.78 is 13.2. The lowest BCUT2D eigenvalue weighted by Crippen LogP contribution is -2.54. The predicted octanol–water partition coefficient (Wildman–Crippen LogP) is 4.00. The van der Waals surface area contributed by atoms with E-state index in [2.05, 4.69) is 5.32 Å². The number of nitrogens with one attached hydrogen (secondary N) is 1. The summed E-state index contributed by atoms with van der Waals surface area (Å²) in [6.45, 7) is 5.83. The van der Waals surface area contributed by atoms with Crippen molar-refractivity contribution in [2.75, 3.05) is 26.2 Å². The van der Waals surface area contributed by atoms with Crippen molar-refractivity contribution in [1.29, 1.82) is 0 Å². The molecule has 33 heavy (non-hydrogen) atoms. The van der Waals surface area contributed by atoms with Gasteiger partial charge in [0.15, 0.2) is 0 Å². The summed E-state index contributed by atoms with van der Waals surface area (Å²) in [6, 6.07) is 11.3. The van der Waals surface area contributed by atoms with E-state index in [0.717, 1.165) is 0 Å². The van der Waals surface area contributed by atoms with Gasteiger partial charge in [-0.3, -0.25) is 14.4 Å². The van der Waals surface area contributed by atoms with E-state index in [1.165, 1.54) is 24.3 Å². The second kappa shape index (κ2) is 11.3. The number of amides is 3. The van der Waals surface area contributed by atoms with Crippen molar-refractivity contribution in [2.24, 2.45) is 5.92 Å². The molecule has 3 rings (SSSR count). The van der Waals surface area contributed by atoms with Gasteiger partial charge >= 0.3 is 0 Å². The second-order valence-corrected chi connectivity index (χ2v) is 8.54. The van der Waals surface area contributed by atoms with Gasteiger partial charge in [0.05, 0.1) is 0 Å². The smallest absolute Gasteiger partial charge is 0.253 e. The zero-order valence-corrected chi connectivity index (χ0v) is 19.6. The van der Waals surface area contributed by atoms with E-state index >= 15 is 0 Å². The number of likely N-dealkylation sites (tertiary alicyclic amines) is 1. The van der Waals surface area contributed by atoms with Gasteiger partial charge in [0.25, 0.3) is 11.8 Å². The average molecular weight is 474 g/mol. The van der Waals surface area contributed by atoms with Crippen LogP contribution in [0.5, 0.6) is 0 Å². The van der Waals surface area contributed by atoms with E-state index in [9.17, 15) is 18.8 Å². The van der Waals surface area contributed by atoms with Crippen molar-refractivity contribution in [3.8, 4) is 0 Å². The molecule has 8 heteroatoms. The van der Waals surface area contributed by atoms with Gasteiger partial charge < -0.3 is 15.1 Å². The van der Waals surface area contributed by atoms with Gasteiger partial charge in [-0.25, -0.2) is 4.39 Å². The molecular formula is C25H29ClFN3O3. The van der Waals surface area contributed by atoms with Crippen LogP contribution in [0.1, 0.15) is 47.4 Å². The summed E-state index contributed by atoms with van der Waals surface area (Å²) in [6.07, 6.45) is 1.17. The molecule has 0 aliphatic carbocycles. The normalized spacial score (nSPS) is 15.1. The molecule has 1 N–H and O–H groups in total. The molecule has 0 bridgehead atoms. The minimum absolute atomic E-state index is 0.0768. The molecule has 6 nitrogen and oxygen atoms in total. The van der Waals surface area contributed by atoms with Gasteiger partial charge in [-0.1, -0.05) is 11.6 Å². The minimum Gasteiger partial charge on any atom is -0.341 e. The van der Waals surface area contributed by atoms with E-state index in [1.54, 1.807) is 34.1 Å². The maximum absolute atomic E-state index is 13.3. The Morgan fingerprint density at radius 1 is 1.00 bits per heavy atom.